The molecule has 0 aliphatic heterocycles. The summed E-state index contributed by atoms with van der Waals surface area (Å²) in [5, 5.41) is 8.01. The number of aromatic nitrogens is 3. The molecule has 8 heteroatoms. The Labute approximate surface area is 151 Å². The number of hydrogen-bond donors (Lipinski definition) is 2. The number of rotatable bonds is 7. The van der Waals surface area contributed by atoms with Crippen molar-refractivity contribution < 1.29 is 4.79 Å². The fraction of sp³-hybridized carbons (Fsp3) is 0.438. The lowest BCUT2D eigenvalue weighted by Crippen LogP contribution is -2.26. The van der Waals surface area contributed by atoms with Crippen LogP contribution in [-0.2, 0) is 0 Å². The molecule has 2 rings (SSSR count). The van der Waals surface area contributed by atoms with Crippen LogP contribution in [0.2, 0.25) is 10.0 Å². The summed E-state index contributed by atoms with van der Waals surface area (Å²) in [6, 6.07) is 5.20. The van der Waals surface area contributed by atoms with Crippen LogP contribution >= 0.6 is 23.2 Å². The molecule has 1 amide bonds. The minimum Gasteiger partial charge on any atom is -0.349 e. The molecule has 0 radical (unpaired) electrons. The fourth-order valence-electron chi connectivity index (χ4n) is 2.20. The second-order valence-electron chi connectivity index (χ2n) is 5.68. The molecule has 1 aromatic heterocycles. The first-order valence-corrected chi connectivity index (χ1v) is 8.61. The smallest absolute Gasteiger partial charge is 0.290 e. The predicted molar refractivity (Wildman–Crippen MR) is 96.1 cm³/mol. The quantitative estimate of drug-likeness (QED) is 0.733. The van der Waals surface area contributed by atoms with Gasteiger partial charge in [0.1, 0.15) is 11.5 Å². The maximum Gasteiger partial charge on any atom is 0.290 e. The third-order valence-electron chi connectivity index (χ3n) is 3.42. The van der Waals surface area contributed by atoms with Crippen LogP contribution in [0.15, 0.2) is 18.2 Å². The van der Waals surface area contributed by atoms with E-state index in [1.165, 1.54) is 0 Å². The van der Waals surface area contributed by atoms with Crippen molar-refractivity contribution in [1.82, 2.24) is 20.1 Å². The molecule has 130 valence electrons. The number of benzene rings is 1. The average Bonchev–Trinajstić information content (AvgIpc) is 2.96. The standard InChI is InChI=1S/C16H21Cl2N5O/c1-10(2)15-21-14(16(24)20-9-4-3-8-19)22-23(15)13-11(17)6-5-7-12(13)18/h5-7,10H,3-4,8-9,19H2,1-2H3,(H,20,24). The molecule has 0 aliphatic rings. The highest BCUT2D eigenvalue weighted by Gasteiger charge is 2.21. The van der Waals surface area contributed by atoms with Crippen molar-refractivity contribution in [2.24, 2.45) is 5.73 Å². The molecule has 2 aromatic rings. The van der Waals surface area contributed by atoms with Crippen LogP contribution in [-0.4, -0.2) is 33.8 Å². The summed E-state index contributed by atoms with van der Waals surface area (Å²) in [6.45, 7) is 5.07. The van der Waals surface area contributed by atoms with Gasteiger partial charge in [-0.15, -0.1) is 5.10 Å². The Hall–Kier alpha value is -1.63. The maximum atomic E-state index is 12.3. The first-order chi connectivity index (χ1) is 11.5. The third kappa shape index (κ3) is 4.26. The minimum absolute atomic E-state index is 0.0450. The van der Waals surface area contributed by atoms with E-state index in [9.17, 15) is 4.79 Å². The lowest BCUT2D eigenvalue weighted by Gasteiger charge is -2.11. The van der Waals surface area contributed by atoms with Crippen LogP contribution in [0.1, 0.15) is 49.1 Å². The van der Waals surface area contributed by atoms with E-state index in [4.69, 9.17) is 28.9 Å². The Morgan fingerprint density at radius 2 is 1.96 bits per heavy atom. The van der Waals surface area contributed by atoms with Crippen LogP contribution in [0, 0.1) is 0 Å². The van der Waals surface area contributed by atoms with Gasteiger partial charge in [-0.25, -0.2) is 9.67 Å². The number of unbranched alkanes of at least 4 members (excludes halogenated alkanes) is 1. The maximum absolute atomic E-state index is 12.3. The summed E-state index contributed by atoms with van der Waals surface area (Å²) in [5.41, 5.74) is 5.97. The second-order valence-corrected chi connectivity index (χ2v) is 6.50. The number of nitrogens with zero attached hydrogens (tertiary/aromatic N) is 3. The molecule has 3 N–H and O–H groups in total. The van der Waals surface area contributed by atoms with Crippen molar-refractivity contribution in [2.75, 3.05) is 13.1 Å². The fourth-order valence-corrected chi connectivity index (χ4v) is 2.76. The molecule has 0 saturated heterocycles. The van der Waals surface area contributed by atoms with Crippen LogP contribution in [0.4, 0.5) is 0 Å². The summed E-state index contributed by atoms with van der Waals surface area (Å²) in [7, 11) is 0. The van der Waals surface area contributed by atoms with Gasteiger partial charge in [-0.05, 0) is 31.5 Å². The molecule has 0 aliphatic carbocycles. The van der Waals surface area contributed by atoms with E-state index < -0.39 is 0 Å². The molecular weight excluding hydrogens is 349 g/mol. The van der Waals surface area contributed by atoms with Crippen molar-refractivity contribution >= 4 is 29.1 Å². The van der Waals surface area contributed by atoms with E-state index in [2.05, 4.69) is 15.4 Å². The molecule has 0 bridgehead atoms. The normalized spacial score (nSPS) is 11.1. The zero-order valence-electron chi connectivity index (χ0n) is 13.7. The number of nitrogens with one attached hydrogen (secondary N) is 1. The van der Waals surface area contributed by atoms with Gasteiger partial charge in [-0.2, -0.15) is 0 Å². The van der Waals surface area contributed by atoms with Crippen LogP contribution in [0.5, 0.6) is 0 Å². The number of nitrogens with two attached hydrogens (primary N) is 1. The highest BCUT2D eigenvalue weighted by atomic mass is 35.5. The summed E-state index contributed by atoms with van der Waals surface area (Å²) >= 11 is 12.5. The van der Waals surface area contributed by atoms with Crippen molar-refractivity contribution in [2.45, 2.75) is 32.6 Å². The molecule has 0 atom stereocenters. The van der Waals surface area contributed by atoms with Gasteiger partial charge in [0.2, 0.25) is 5.82 Å². The molecule has 24 heavy (non-hydrogen) atoms. The lowest BCUT2D eigenvalue weighted by atomic mass is 10.2. The van der Waals surface area contributed by atoms with Crippen LogP contribution < -0.4 is 11.1 Å². The number of halogens is 2. The lowest BCUT2D eigenvalue weighted by molar-refractivity contribution is 0.0942. The summed E-state index contributed by atoms with van der Waals surface area (Å²) < 4.78 is 1.55. The van der Waals surface area contributed by atoms with Gasteiger partial charge in [0.25, 0.3) is 5.91 Å². The highest BCUT2D eigenvalue weighted by molar-refractivity contribution is 6.37. The molecule has 1 heterocycles. The molecular formula is C16H21Cl2N5O. The second kappa shape index (κ2) is 8.46. The highest BCUT2D eigenvalue weighted by Crippen LogP contribution is 2.30. The van der Waals surface area contributed by atoms with Gasteiger partial charge in [0.05, 0.1) is 10.0 Å². The van der Waals surface area contributed by atoms with E-state index in [0.29, 0.717) is 34.6 Å². The molecule has 1 aromatic carbocycles. The number of amides is 1. The summed E-state index contributed by atoms with van der Waals surface area (Å²) in [4.78, 5) is 16.6. The van der Waals surface area contributed by atoms with Gasteiger partial charge in [0, 0.05) is 12.5 Å². The molecule has 0 fully saturated rings. The monoisotopic (exact) mass is 369 g/mol. The van der Waals surface area contributed by atoms with E-state index in [0.717, 1.165) is 12.8 Å². The van der Waals surface area contributed by atoms with E-state index >= 15 is 0 Å². The zero-order chi connectivity index (χ0) is 17.7. The number of para-hydroxylation sites is 1. The largest absolute Gasteiger partial charge is 0.349 e. The van der Waals surface area contributed by atoms with Crippen LogP contribution in [0.25, 0.3) is 5.69 Å². The van der Waals surface area contributed by atoms with Crippen LogP contribution in [0.3, 0.4) is 0 Å². The summed E-state index contributed by atoms with van der Waals surface area (Å²) in [5.74, 6) is 0.444. The van der Waals surface area contributed by atoms with E-state index in [1.54, 1.807) is 22.9 Å². The Morgan fingerprint density at radius 3 is 2.54 bits per heavy atom. The predicted octanol–water partition coefficient (Wildman–Crippen LogP) is 3.17. The molecule has 0 spiro atoms. The van der Waals surface area contributed by atoms with Crippen molar-refractivity contribution in [3.8, 4) is 5.69 Å². The van der Waals surface area contributed by atoms with E-state index in [-0.39, 0.29) is 17.6 Å². The SMILES string of the molecule is CC(C)c1nc(C(=O)NCCCCN)nn1-c1c(Cl)cccc1Cl. The zero-order valence-corrected chi connectivity index (χ0v) is 15.2. The molecule has 0 saturated carbocycles. The number of carbonyl (C=O) groups is 1. The average molecular weight is 370 g/mol. The Morgan fingerprint density at radius 1 is 1.29 bits per heavy atom. The third-order valence-corrected chi connectivity index (χ3v) is 4.03. The topological polar surface area (TPSA) is 85.8 Å². The van der Waals surface area contributed by atoms with Gasteiger partial charge < -0.3 is 11.1 Å². The number of carbonyl (C=O) groups excluding carboxylic acids is 1. The Balaban J connectivity index is 2.33. The Kier molecular flexibility index (Phi) is 6.60. The van der Waals surface area contributed by atoms with Gasteiger partial charge in [0.15, 0.2) is 0 Å². The van der Waals surface area contributed by atoms with Gasteiger partial charge in [-0.1, -0.05) is 43.1 Å². The Bertz CT molecular complexity index is 694. The van der Waals surface area contributed by atoms with Crippen molar-refractivity contribution in [3.63, 3.8) is 0 Å². The van der Waals surface area contributed by atoms with E-state index in [1.807, 2.05) is 13.8 Å². The molecule has 0 unspecified atom stereocenters. The van der Waals surface area contributed by atoms with Gasteiger partial charge in [-0.3, -0.25) is 4.79 Å². The minimum atomic E-state index is -0.323. The molecule has 6 nitrogen and oxygen atoms in total. The number of hydrogen-bond acceptors (Lipinski definition) is 4. The first-order valence-electron chi connectivity index (χ1n) is 7.85. The first kappa shape index (κ1) is 18.7. The summed E-state index contributed by atoms with van der Waals surface area (Å²) in [6.07, 6.45) is 1.67. The van der Waals surface area contributed by atoms with Crippen molar-refractivity contribution in [3.05, 3.63) is 39.9 Å². The van der Waals surface area contributed by atoms with Gasteiger partial charge >= 0.3 is 0 Å². The van der Waals surface area contributed by atoms with Crippen molar-refractivity contribution in [1.29, 1.82) is 0 Å².